The van der Waals surface area contributed by atoms with Crippen LogP contribution in [0.3, 0.4) is 0 Å². The first-order valence-electron chi connectivity index (χ1n) is 32.8. The molecule has 426 valence electrons. The molecule has 0 aliphatic rings. The first-order valence-corrected chi connectivity index (χ1v) is 32.8. The van der Waals surface area contributed by atoms with Gasteiger partial charge in [0.15, 0.2) is 0 Å². The summed E-state index contributed by atoms with van der Waals surface area (Å²) < 4.78 is 0. The van der Waals surface area contributed by atoms with Gasteiger partial charge in [-0.15, -0.1) is 0 Å². The molecule has 0 radical (unpaired) electrons. The van der Waals surface area contributed by atoms with Gasteiger partial charge in [-0.25, -0.2) is 0 Å². The first-order chi connectivity index (χ1) is 35.6. The van der Waals surface area contributed by atoms with E-state index in [1.165, 1.54) is 302 Å². The zero-order valence-electron chi connectivity index (χ0n) is 48.8. The maximum atomic E-state index is 12.6. The van der Waals surface area contributed by atoms with Gasteiger partial charge in [0.05, 0.1) is 18.8 Å². The highest BCUT2D eigenvalue weighted by Gasteiger charge is 2.22. The van der Waals surface area contributed by atoms with Crippen molar-refractivity contribution in [2.24, 2.45) is 0 Å². The van der Waals surface area contributed by atoms with Crippen LogP contribution in [-0.4, -0.2) is 46.1 Å². The van der Waals surface area contributed by atoms with E-state index in [9.17, 15) is 20.1 Å². The highest BCUT2D eigenvalue weighted by Crippen LogP contribution is 2.18. The minimum atomic E-state index is -1.11. The van der Waals surface area contributed by atoms with Crippen molar-refractivity contribution in [1.82, 2.24) is 5.32 Å². The zero-order valence-corrected chi connectivity index (χ0v) is 48.8. The van der Waals surface area contributed by atoms with E-state index >= 15 is 0 Å². The molecule has 0 aliphatic carbocycles. The average Bonchev–Trinajstić information content (AvgIpc) is 3.39. The SMILES string of the molecule is CCCCCCCCCCCCCCCC/C=C/CC/C=C/C(O)C(CO)NC(=O)C(O)CCCCCCCCCCCCCCCCCC/C=C\CCCCCCCCCCCCCCCCCCCC. The molecule has 1 amide bonds. The Morgan fingerprint density at radius 2 is 0.569 bits per heavy atom. The van der Waals surface area contributed by atoms with E-state index < -0.39 is 24.2 Å². The summed E-state index contributed by atoms with van der Waals surface area (Å²) in [6, 6.07) is -0.815. The van der Waals surface area contributed by atoms with Gasteiger partial charge in [-0.1, -0.05) is 339 Å². The number of nitrogens with one attached hydrogen (secondary N) is 1. The molecule has 0 saturated heterocycles. The third-order valence-corrected chi connectivity index (χ3v) is 15.5. The van der Waals surface area contributed by atoms with Crippen LogP contribution in [0.5, 0.6) is 0 Å². The largest absolute Gasteiger partial charge is 0.394 e. The number of amides is 1. The smallest absolute Gasteiger partial charge is 0.249 e. The number of unbranched alkanes of at least 4 members (excludes halogenated alkanes) is 49. The van der Waals surface area contributed by atoms with Gasteiger partial charge in [-0.2, -0.15) is 0 Å². The van der Waals surface area contributed by atoms with Crippen molar-refractivity contribution in [2.45, 2.75) is 379 Å². The summed E-state index contributed by atoms with van der Waals surface area (Å²) in [6.07, 6.45) is 82.8. The monoisotopic (exact) mass is 1010 g/mol. The standard InChI is InChI=1S/C67H129NO4/c1-3-5-7-9-11-13-15-17-19-21-23-25-26-27-28-29-30-31-32-33-34-35-36-37-38-39-40-41-42-44-46-48-50-52-54-56-58-60-62-66(71)67(72)68-64(63-69)65(70)61-59-57-55-53-51-49-47-45-43-24-22-20-18-16-14-12-10-8-6-4-2/h33-34,51,53,59,61,64-66,69-71H,3-32,35-50,52,54-58,60,62-63H2,1-2H3,(H,68,72)/b34-33-,53-51+,61-59+. The van der Waals surface area contributed by atoms with Crippen molar-refractivity contribution in [1.29, 1.82) is 0 Å². The van der Waals surface area contributed by atoms with Crippen molar-refractivity contribution in [3.63, 3.8) is 0 Å². The van der Waals surface area contributed by atoms with Crippen LogP contribution in [0, 0.1) is 0 Å². The predicted octanol–water partition coefficient (Wildman–Crippen LogP) is 21.0. The van der Waals surface area contributed by atoms with Crippen molar-refractivity contribution in [3.05, 3.63) is 36.5 Å². The summed E-state index contributed by atoms with van der Waals surface area (Å²) in [4.78, 5) is 12.6. The van der Waals surface area contributed by atoms with Gasteiger partial charge >= 0.3 is 0 Å². The predicted molar refractivity (Wildman–Crippen MR) is 319 cm³/mol. The number of hydrogen-bond donors (Lipinski definition) is 4. The van der Waals surface area contributed by atoms with Crippen molar-refractivity contribution >= 4 is 5.91 Å². The Kier molecular flexibility index (Phi) is 60.9. The van der Waals surface area contributed by atoms with E-state index in [1.54, 1.807) is 6.08 Å². The van der Waals surface area contributed by atoms with E-state index in [-0.39, 0.29) is 6.61 Å². The Balaban J connectivity index is 3.49. The van der Waals surface area contributed by atoms with Crippen molar-refractivity contribution in [2.75, 3.05) is 6.61 Å². The van der Waals surface area contributed by atoms with Gasteiger partial charge in [-0.05, 0) is 57.8 Å². The van der Waals surface area contributed by atoms with Gasteiger partial charge in [-0.3, -0.25) is 4.79 Å². The summed E-state index contributed by atoms with van der Waals surface area (Å²) in [5, 5.41) is 33.4. The first kappa shape index (κ1) is 70.6. The molecule has 0 spiro atoms. The number of aliphatic hydroxyl groups is 3. The molecule has 0 heterocycles. The lowest BCUT2D eigenvalue weighted by Crippen LogP contribution is -2.48. The molecular formula is C67H129NO4. The second-order valence-corrected chi connectivity index (χ2v) is 22.7. The Labute approximate surface area is 451 Å². The lowest BCUT2D eigenvalue weighted by atomic mass is 10.0. The van der Waals surface area contributed by atoms with E-state index in [0.717, 1.165) is 38.5 Å². The molecule has 0 aliphatic heterocycles. The maximum absolute atomic E-state index is 12.6. The fourth-order valence-electron chi connectivity index (χ4n) is 10.4. The second-order valence-electron chi connectivity index (χ2n) is 22.7. The fraction of sp³-hybridized carbons (Fsp3) is 0.896. The van der Waals surface area contributed by atoms with Gasteiger partial charge in [0, 0.05) is 0 Å². The number of aliphatic hydroxyl groups excluding tert-OH is 3. The molecule has 0 aromatic carbocycles. The molecule has 0 fully saturated rings. The molecule has 4 N–H and O–H groups in total. The molecule has 5 heteroatoms. The summed E-state index contributed by atoms with van der Waals surface area (Å²) in [5.74, 6) is -0.507. The van der Waals surface area contributed by atoms with E-state index in [1.807, 2.05) is 6.08 Å². The van der Waals surface area contributed by atoms with Crippen LogP contribution in [0.15, 0.2) is 36.5 Å². The normalized spacial score (nSPS) is 13.3. The van der Waals surface area contributed by atoms with Crippen LogP contribution in [0.25, 0.3) is 0 Å². The van der Waals surface area contributed by atoms with Crippen LogP contribution in [-0.2, 0) is 4.79 Å². The molecule has 0 saturated carbocycles. The van der Waals surface area contributed by atoms with Gasteiger partial charge in [0.25, 0.3) is 0 Å². The lowest BCUT2D eigenvalue weighted by molar-refractivity contribution is -0.131. The van der Waals surface area contributed by atoms with E-state index in [4.69, 9.17) is 0 Å². The van der Waals surface area contributed by atoms with E-state index in [0.29, 0.717) is 6.42 Å². The van der Waals surface area contributed by atoms with Crippen LogP contribution < -0.4 is 5.32 Å². The van der Waals surface area contributed by atoms with Crippen LogP contribution in [0.2, 0.25) is 0 Å². The molecule has 0 aromatic rings. The molecule has 3 atom stereocenters. The highest BCUT2D eigenvalue weighted by atomic mass is 16.3. The Hall–Kier alpha value is -1.43. The average molecular weight is 1010 g/mol. The Morgan fingerprint density at radius 3 is 0.847 bits per heavy atom. The summed E-state index contributed by atoms with van der Waals surface area (Å²) in [6.45, 7) is 4.21. The summed E-state index contributed by atoms with van der Waals surface area (Å²) >= 11 is 0. The van der Waals surface area contributed by atoms with Crippen molar-refractivity contribution < 1.29 is 20.1 Å². The third-order valence-electron chi connectivity index (χ3n) is 15.5. The lowest BCUT2D eigenvalue weighted by Gasteiger charge is -2.21. The number of allylic oxidation sites excluding steroid dienone is 5. The van der Waals surface area contributed by atoms with Crippen molar-refractivity contribution in [3.8, 4) is 0 Å². The third kappa shape index (κ3) is 56.3. The maximum Gasteiger partial charge on any atom is 0.249 e. The molecule has 72 heavy (non-hydrogen) atoms. The van der Waals surface area contributed by atoms with Gasteiger partial charge in [0.2, 0.25) is 5.91 Å². The number of hydrogen-bond acceptors (Lipinski definition) is 4. The number of carbonyl (C=O) groups excluding carboxylic acids is 1. The molecule has 0 rings (SSSR count). The zero-order chi connectivity index (χ0) is 52.2. The Bertz CT molecular complexity index is 1120. The minimum absolute atomic E-state index is 0.374. The quantitative estimate of drug-likeness (QED) is 0.0361. The molecule has 5 nitrogen and oxygen atoms in total. The van der Waals surface area contributed by atoms with E-state index in [2.05, 4.69) is 43.5 Å². The summed E-state index contributed by atoms with van der Waals surface area (Å²) in [7, 11) is 0. The Morgan fingerprint density at radius 1 is 0.333 bits per heavy atom. The summed E-state index contributed by atoms with van der Waals surface area (Å²) in [5.41, 5.74) is 0. The van der Waals surface area contributed by atoms with Gasteiger partial charge < -0.3 is 20.6 Å². The van der Waals surface area contributed by atoms with Crippen LogP contribution in [0.4, 0.5) is 0 Å². The number of rotatable bonds is 61. The number of carbonyl (C=O) groups is 1. The van der Waals surface area contributed by atoms with Gasteiger partial charge in [0.1, 0.15) is 6.10 Å². The highest BCUT2D eigenvalue weighted by molar-refractivity contribution is 5.80. The second kappa shape index (κ2) is 62.1. The molecule has 0 aromatic heterocycles. The molecule has 3 unspecified atom stereocenters. The van der Waals surface area contributed by atoms with Crippen LogP contribution in [0.1, 0.15) is 361 Å². The fourth-order valence-corrected chi connectivity index (χ4v) is 10.4. The minimum Gasteiger partial charge on any atom is -0.394 e. The topological polar surface area (TPSA) is 89.8 Å². The molecule has 0 bridgehead atoms. The van der Waals surface area contributed by atoms with Crippen LogP contribution >= 0.6 is 0 Å². The molecular weight excluding hydrogens is 883 g/mol.